The van der Waals surface area contributed by atoms with Gasteiger partial charge in [-0.05, 0) is 24.3 Å². The molecule has 1 aromatic rings. The molecule has 16 heavy (non-hydrogen) atoms. The van der Waals surface area contributed by atoms with Gasteiger partial charge in [0.05, 0.1) is 4.90 Å². The predicted molar refractivity (Wildman–Crippen MR) is 59.8 cm³/mol. The summed E-state index contributed by atoms with van der Waals surface area (Å²) in [5.74, 6) is -0.433. The minimum absolute atomic E-state index is 0. The molecule has 0 aliphatic rings. The molecule has 1 aromatic carbocycles. The van der Waals surface area contributed by atoms with Gasteiger partial charge in [0.2, 0.25) is 0 Å². The van der Waals surface area contributed by atoms with E-state index in [0.29, 0.717) is 0 Å². The van der Waals surface area contributed by atoms with Crippen molar-refractivity contribution in [2.45, 2.75) is 24.7 Å². The van der Waals surface area contributed by atoms with Crippen LogP contribution in [0, 0.1) is 12.7 Å². The summed E-state index contributed by atoms with van der Waals surface area (Å²) in [6, 6.07) is 4.72. The Kier molecular flexibility index (Phi) is 9.95. The number of rotatable bonds is 2. The van der Waals surface area contributed by atoms with Crippen LogP contribution in [-0.4, -0.2) is 14.7 Å². The van der Waals surface area contributed by atoms with Crippen molar-refractivity contribution in [2.24, 2.45) is 0 Å². The monoisotopic (exact) mass is 238 g/mol. The quantitative estimate of drug-likeness (QED) is 0.408. The molecule has 0 radical (unpaired) electrons. The van der Waals surface area contributed by atoms with E-state index in [4.69, 9.17) is 0 Å². The molecular formula is C11H16FLiO2S. The van der Waals surface area contributed by atoms with E-state index in [1.165, 1.54) is 18.6 Å². The number of benzene rings is 1. The van der Waals surface area contributed by atoms with E-state index in [0.717, 1.165) is 24.8 Å². The standard InChI is InChI=1S/C7H7FO2S.C4H9.Li/c1-11(9,10)7-4-2-6(8)3-5-7;1-3-4-2;/h2-5H,1H3;1,3-4H2,2H3;/q;-1;+1. The third-order valence-corrected chi connectivity index (χ3v) is 2.72. The summed E-state index contributed by atoms with van der Waals surface area (Å²) in [5.41, 5.74) is 0. The fourth-order valence-corrected chi connectivity index (χ4v) is 1.31. The second-order valence-electron chi connectivity index (χ2n) is 3.08. The molecule has 1 rings (SSSR count). The Bertz CT molecular complexity index is 371. The fourth-order valence-electron chi connectivity index (χ4n) is 0.682. The van der Waals surface area contributed by atoms with E-state index in [2.05, 4.69) is 13.8 Å². The summed E-state index contributed by atoms with van der Waals surface area (Å²) < 4.78 is 33.9. The number of hydrogen-bond acceptors (Lipinski definition) is 2. The number of unbranched alkanes of at least 4 members (excludes halogenated alkanes) is 1. The van der Waals surface area contributed by atoms with Crippen LogP contribution in [0.5, 0.6) is 0 Å². The maximum absolute atomic E-state index is 12.3. The van der Waals surface area contributed by atoms with E-state index >= 15 is 0 Å². The topological polar surface area (TPSA) is 34.1 Å². The van der Waals surface area contributed by atoms with Crippen LogP contribution in [-0.2, 0) is 9.84 Å². The van der Waals surface area contributed by atoms with Crippen LogP contribution in [0.3, 0.4) is 0 Å². The van der Waals surface area contributed by atoms with Gasteiger partial charge in [0.1, 0.15) is 5.82 Å². The Balaban J connectivity index is 0. The van der Waals surface area contributed by atoms with Gasteiger partial charge in [-0.2, -0.15) is 6.42 Å². The van der Waals surface area contributed by atoms with Gasteiger partial charge in [0.25, 0.3) is 0 Å². The fraction of sp³-hybridized carbons (Fsp3) is 0.364. The minimum atomic E-state index is -3.19. The molecule has 0 aromatic heterocycles. The maximum atomic E-state index is 12.3. The Morgan fingerprint density at radius 1 is 1.25 bits per heavy atom. The molecule has 5 heteroatoms. The number of hydrogen-bond donors (Lipinski definition) is 0. The van der Waals surface area contributed by atoms with Crippen LogP contribution in [0.25, 0.3) is 0 Å². The zero-order valence-corrected chi connectivity index (χ0v) is 10.8. The first kappa shape index (κ1) is 18.1. The van der Waals surface area contributed by atoms with Gasteiger partial charge in [-0.3, -0.25) is 0 Å². The molecular weight excluding hydrogens is 222 g/mol. The van der Waals surface area contributed by atoms with Crippen LogP contribution >= 0.6 is 0 Å². The van der Waals surface area contributed by atoms with Crippen molar-refractivity contribution >= 4 is 9.84 Å². The summed E-state index contributed by atoms with van der Waals surface area (Å²) in [7, 11) is -3.19. The van der Waals surface area contributed by atoms with Gasteiger partial charge in [-0.15, -0.1) is 0 Å². The average Bonchev–Trinajstić information content (AvgIpc) is 2.17. The summed E-state index contributed by atoms with van der Waals surface area (Å²) in [5, 5.41) is 0. The smallest absolute Gasteiger partial charge is 0.343 e. The van der Waals surface area contributed by atoms with Gasteiger partial charge >= 0.3 is 18.9 Å². The van der Waals surface area contributed by atoms with Crippen molar-refractivity contribution in [3.05, 3.63) is 37.0 Å². The van der Waals surface area contributed by atoms with Crippen molar-refractivity contribution in [3.63, 3.8) is 0 Å². The second kappa shape index (κ2) is 8.80. The Hall–Kier alpha value is -0.303. The first-order chi connectivity index (χ1) is 6.91. The normalized spacial score (nSPS) is 9.75. The maximum Gasteiger partial charge on any atom is 1.00 e. The zero-order chi connectivity index (χ0) is 11.9. The molecule has 0 aliphatic heterocycles. The molecule has 0 atom stereocenters. The van der Waals surface area contributed by atoms with E-state index in [1.54, 1.807) is 0 Å². The van der Waals surface area contributed by atoms with Crippen LogP contribution in [0.4, 0.5) is 4.39 Å². The number of halogens is 1. The number of sulfone groups is 1. The van der Waals surface area contributed by atoms with Gasteiger partial charge in [0.15, 0.2) is 9.84 Å². The molecule has 0 saturated carbocycles. The Morgan fingerprint density at radius 3 is 1.88 bits per heavy atom. The first-order valence-electron chi connectivity index (χ1n) is 4.66. The molecule has 0 N–H and O–H groups in total. The summed E-state index contributed by atoms with van der Waals surface area (Å²) in [6.07, 6.45) is 3.36. The molecule has 2 nitrogen and oxygen atoms in total. The Labute approximate surface area is 109 Å². The summed E-state index contributed by atoms with van der Waals surface area (Å²) in [4.78, 5) is 0.138. The third-order valence-electron chi connectivity index (χ3n) is 1.60. The molecule has 0 bridgehead atoms. The SMILES string of the molecule is CS(=O)(=O)c1ccc(F)cc1.[CH2-]CCC.[Li+]. The van der Waals surface area contributed by atoms with E-state index < -0.39 is 15.7 Å². The largest absolute Gasteiger partial charge is 1.00 e. The summed E-state index contributed by atoms with van der Waals surface area (Å²) in [6.45, 7) is 5.72. The molecule has 0 unspecified atom stereocenters. The molecule has 0 aliphatic carbocycles. The summed E-state index contributed by atoms with van der Waals surface area (Å²) >= 11 is 0. The molecule has 0 saturated heterocycles. The van der Waals surface area contributed by atoms with Gasteiger partial charge in [0, 0.05) is 6.26 Å². The van der Waals surface area contributed by atoms with Gasteiger partial charge < -0.3 is 6.92 Å². The van der Waals surface area contributed by atoms with Crippen LogP contribution in [0.2, 0.25) is 0 Å². The van der Waals surface area contributed by atoms with Crippen molar-refractivity contribution in [2.75, 3.05) is 6.26 Å². The predicted octanol–water partition coefficient (Wildman–Crippen LogP) is -0.146. The first-order valence-corrected chi connectivity index (χ1v) is 6.55. The molecule has 0 spiro atoms. The Morgan fingerprint density at radius 2 is 1.62 bits per heavy atom. The molecule has 86 valence electrons. The third kappa shape index (κ3) is 7.92. The van der Waals surface area contributed by atoms with Crippen molar-refractivity contribution < 1.29 is 31.7 Å². The van der Waals surface area contributed by atoms with Crippen LogP contribution in [0.1, 0.15) is 19.8 Å². The van der Waals surface area contributed by atoms with Crippen molar-refractivity contribution in [3.8, 4) is 0 Å². The molecule has 0 fully saturated rings. The second-order valence-corrected chi connectivity index (χ2v) is 5.10. The van der Waals surface area contributed by atoms with Crippen LogP contribution < -0.4 is 18.9 Å². The van der Waals surface area contributed by atoms with E-state index in [-0.39, 0.29) is 23.8 Å². The zero-order valence-electron chi connectivity index (χ0n) is 10.0. The molecule has 0 heterocycles. The van der Waals surface area contributed by atoms with Gasteiger partial charge in [-0.25, -0.2) is 12.8 Å². The average molecular weight is 238 g/mol. The van der Waals surface area contributed by atoms with Crippen molar-refractivity contribution in [1.82, 2.24) is 0 Å². The van der Waals surface area contributed by atoms with Crippen molar-refractivity contribution in [1.29, 1.82) is 0 Å². The molecule has 0 amide bonds. The minimum Gasteiger partial charge on any atom is -0.343 e. The van der Waals surface area contributed by atoms with E-state index in [1.807, 2.05) is 0 Å². The van der Waals surface area contributed by atoms with E-state index in [9.17, 15) is 12.8 Å². The van der Waals surface area contributed by atoms with Crippen LogP contribution in [0.15, 0.2) is 29.2 Å². The van der Waals surface area contributed by atoms with Gasteiger partial charge in [-0.1, -0.05) is 13.3 Å².